The van der Waals surface area contributed by atoms with Gasteiger partial charge in [-0.25, -0.2) is 0 Å². The number of alkyl halides is 1. The molecule has 0 aromatic carbocycles. The van der Waals surface area contributed by atoms with Crippen LogP contribution in [0.25, 0.3) is 0 Å². The number of ether oxygens (including phenoxy) is 1. The monoisotopic (exact) mass is 464 g/mol. The number of Topliss-reactive ketones (excluding diaryl/α,β-unsaturated/α-hetero) is 1. The van der Waals surface area contributed by atoms with E-state index in [2.05, 4.69) is 28.9 Å². The Hall–Kier alpha value is -1.27. The third-order valence-corrected chi connectivity index (χ3v) is 9.42. The summed E-state index contributed by atoms with van der Waals surface area (Å²) in [5.41, 5.74) is -0.984. The fraction of sp³-hybridized carbons (Fsp3) is 0.696. The van der Waals surface area contributed by atoms with Crippen LogP contribution < -0.4 is 0 Å². The van der Waals surface area contributed by atoms with Crippen LogP contribution >= 0.6 is 15.9 Å². The van der Waals surface area contributed by atoms with Crippen LogP contribution in [0.2, 0.25) is 0 Å². The molecule has 0 bridgehead atoms. The summed E-state index contributed by atoms with van der Waals surface area (Å²) >= 11 is 3.83. The van der Waals surface area contributed by atoms with E-state index >= 15 is 0 Å². The Morgan fingerprint density at radius 1 is 1.24 bits per heavy atom. The highest BCUT2D eigenvalue weighted by Crippen LogP contribution is 2.67. The molecule has 0 amide bonds. The van der Waals surface area contributed by atoms with Crippen LogP contribution in [-0.2, 0) is 19.1 Å². The Morgan fingerprint density at radius 3 is 2.62 bits per heavy atom. The number of aliphatic hydroxyl groups is 1. The van der Waals surface area contributed by atoms with E-state index in [1.54, 1.807) is 12.2 Å². The zero-order chi connectivity index (χ0) is 21.2. The van der Waals surface area contributed by atoms with E-state index in [0.717, 1.165) is 31.3 Å². The molecule has 1 N–H and O–H groups in total. The first kappa shape index (κ1) is 21.0. The Balaban J connectivity index is 1.65. The van der Waals surface area contributed by atoms with Crippen LogP contribution in [0.15, 0.2) is 23.8 Å². The number of esters is 1. The first-order valence-corrected chi connectivity index (χ1v) is 11.4. The minimum Gasteiger partial charge on any atom is -0.458 e. The molecule has 7 atom stereocenters. The Kier molecular flexibility index (Phi) is 4.97. The topological polar surface area (TPSA) is 80.7 Å². The van der Waals surface area contributed by atoms with Gasteiger partial charge in [-0.15, -0.1) is 0 Å². The quantitative estimate of drug-likeness (QED) is 0.510. The average Bonchev–Trinajstić information content (AvgIpc) is 2.94. The van der Waals surface area contributed by atoms with Crippen molar-refractivity contribution in [3.8, 4) is 0 Å². The molecular weight excluding hydrogens is 436 g/mol. The van der Waals surface area contributed by atoms with Crippen LogP contribution in [0.4, 0.5) is 0 Å². The number of carbonyl (C=O) groups is 3. The van der Waals surface area contributed by atoms with Crippen LogP contribution in [0.3, 0.4) is 0 Å². The van der Waals surface area contributed by atoms with Crippen molar-refractivity contribution in [3.05, 3.63) is 23.8 Å². The Labute approximate surface area is 180 Å². The molecule has 3 fully saturated rings. The van der Waals surface area contributed by atoms with Crippen molar-refractivity contribution >= 4 is 33.5 Å². The molecule has 0 saturated heterocycles. The highest BCUT2D eigenvalue weighted by molar-refractivity contribution is 9.09. The Morgan fingerprint density at radius 2 is 1.93 bits per heavy atom. The highest BCUT2D eigenvalue weighted by Gasteiger charge is 2.66. The second-order valence-electron chi connectivity index (χ2n) is 9.76. The molecule has 0 spiro atoms. The van der Waals surface area contributed by atoms with Gasteiger partial charge in [-0.05, 0) is 67.6 Å². The van der Waals surface area contributed by atoms with E-state index in [0.29, 0.717) is 18.3 Å². The lowest BCUT2D eigenvalue weighted by atomic mass is 9.47. The number of allylic oxidation sites excluding steroid dienone is 4. The lowest BCUT2D eigenvalue weighted by Gasteiger charge is -2.58. The van der Waals surface area contributed by atoms with Gasteiger partial charge in [0.2, 0.25) is 5.78 Å². The summed E-state index contributed by atoms with van der Waals surface area (Å²) in [6.45, 7) is 5.18. The molecule has 4 aliphatic carbocycles. The molecule has 4 aliphatic rings. The van der Waals surface area contributed by atoms with Crippen molar-refractivity contribution in [2.24, 2.45) is 28.6 Å². The largest absolute Gasteiger partial charge is 0.458 e. The van der Waals surface area contributed by atoms with Crippen LogP contribution in [-0.4, -0.2) is 39.7 Å². The molecule has 29 heavy (non-hydrogen) atoms. The van der Waals surface area contributed by atoms with Gasteiger partial charge in [-0.1, -0.05) is 35.9 Å². The predicted octanol–water partition coefficient (Wildman–Crippen LogP) is 3.53. The van der Waals surface area contributed by atoms with E-state index < -0.39 is 17.0 Å². The summed E-state index contributed by atoms with van der Waals surface area (Å²) < 4.78 is 4.92. The zero-order valence-corrected chi connectivity index (χ0v) is 18.8. The summed E-state index contributed by atoms with van der Waals surface area (Å²) in [4.78, 5) is 36.1. The third kappa shape index (κ3) is 2.93. The zero-order valence-electron chi connectivity index (χ0n) is 17.2. The van der Waals surface area contributed by atoms with Crippen LogP contribution in [0.1, 0.15) is 52.9 Å². The molecular formula is C23H29BrO5. The van der Waals surface area contributed by atoms with Crippen molar-refractivity contribution in [1.29, 1.82) is 0 Å². The standard InChI is InChI=1S/C23H29BrO5/c1-13(25)29-12-20(27)23(28)9-6-17-15-11-19(24)18-10-14(26)4-7-21(18,2)16(15)5-8-22(17,23)3/h4,7,10,15-17,19,28H,5-6,8-9,11-12H2,1-3H3/t15?,16?,17?,19?,21-,22+,23+/m1/s1. The summed E-state index contributed by atoms with van der Waals surface area (Å²) in [6, 6.07) is 0. The normalized spacial score (nSPS) is 45.7. The molecule has 4 rings (SSSR count). The number of fused-ring (bicyclic) bond motifs is 5. The maximum absolute atomic E-state index is 12.9. The second kappa shape index (κ2) is 6.88. The lowest BCUT2D eigenvalue weighted by molar-refractivity contribution is -0.168. The number of hydrogen-bond donors (Lipinski definition) is 1. The van der Waals surface area contributed by atoms with Crippen LogP contribution in [0.5, 0.6) is 0 Å². The minimum atomic E-state index is -1.45. The molecule has 0 aromatic heterocycles. The minimum absolute atomic E-state index is 0.0485. The molecule has 0 aromatic rings. The van der Waals surface area contributed by atoms with Gasteiger partial charge in [0.15, 0.2) is 12.4 Å². The molecule has 158 valence electrons. The van der Waals surface area contributed by atoms with E-state index in [1.807, 2.05) is 6.92 Å². The van der Waals surface area contributed by atoms with Crippen molar-refractivity contribution in [2.75, 3.05) is 6.61 Å². The molecule has 6 heteroatoms. The molecule has 3 saturated carbocycles. The average molecular weight is 465 g/mol. The van der Waals surface area contributed by atoms with Crippen molar-refractivity contribution in [3.63, 3.8) is 0 Å². The maximum Gasteiger partial charge on any atom is 0.303 e. The summed E-state index contributed by atoms with van der Waals surface area (Å²) in [5, 5.41) is 11.5. The second-order valence-corrected chi connectivity index (χ2v) is 10.9. The van der Waals surface area contributed by atoms with Gasteiger partial charge < -0.3 is 9.84 Å². The fourth-order valence-corrected chi connectivity index (χ4v) is 8.02. The van der Waals surface area contributed by atoms with E-state index in [4.69, 9.17) is 4.74 Å². The fourth-order valence-electron chi connectivity index (χ4n) is 6.96. The van der Waals surface area contributed by atoms with E-state index in [1.165, 1.54) is 6.92 Å². The van der Waals surface area contributed by atoms with Crippen molar-refractivity contribution in [2.45, 2.75) is 63.3 Å². The number of halogens is 1. The van der Waals surface area contributed by atoms with E-state index in [9.17, 15) is 19.5 Å². The van der Waals surface area contributed by atoms with Gasteiger partial charge in [0.05, 0.1) is 0 Å². The number of ketones is 2. The van der Waals surface area contributed by atoms with Gasteiger partial charge in [0.25, 0.3) is 0 Å². The van der Waals surface area contributed by atoms with Crippen LogP contribution in [0, 0.1) is 28.6 Å². The van der Waals surface area contributed by atoms with Gasteiger partial charge in [0, 0.05) is 22.6 Å². The SMILES string of the molecule is CC(=O)OCC(=O)[C@@]1(O)CCC2C3CC(Br)C4=CC(=O)C=C[C@]4(C)C3CC[C@@]21C. The number of rotatable bonds is 3. The van der Waals surface area contributed by atoms with Gasteiger partial charge >= 0.3 is 5.97 Å². The smallest absolute Gasteiger partial charge is 0.303 e. The summed E-state index contributed by atoms with van der Waals surface area (Å²) in [5.74, 6) is 0.122. The summed E-state index contributed by atoms with van der Waals surface area (Å²) in [7, 11) is 0. The maximum atomic E-state index is 12.9. The first-order valence-electron chi connectivity index (χ1n) is 10.5. The lowest BCUT2D eigenvalue weighted by Crippen LogP contribution is -2.58. The molecule has 5 nitrogen and oxygen atoms in total. The third-order valence-electron chi connectivity index (χ3n) is 8.56. The van der Waals surface area contributed by atoms with Crippen molar-refractivity contribution in [1.82, 2.24) is 0 Å². The van der Waals surface area contributed by atoms with Gasteiger partial charge in [-0.3, -0.25) is 14.4 Å². The molecule has 0 heterocycles. The highest BCUT2D eigenvalue weighted by atomic mass is 79.9. The van der Waals surface area contributed by atoms with Gasteiger partial charge in [-0.2, -0.15) is 0 Å². The molecule has 4 unspecified atom stereocenters. The van der Waals surface area contributed by atoms with E-state index in [-0.39, 0.29) is 34.3 Å². The van der Waals surface area contributed by atoms with Crippen molar-refractivity contribution < 1.29 is 24.2 Å². The number of carbonyl (C=O) groups excluding carboxylic acids is 3. The van der Waals surface area contributed by atoms with Gasteiger partial charge in [0.1, 0.15) is 5.60 Å². The predicted molar refractivity (Wildman–Crippen MR) is 111 cm³/mol. The molecule has 0 aliphatic heterocycles. The first-order chi connectivity index (χ1) is 13.5. The Bertz CT molecular complexity index is 831. The summed E-state index contributed by atoms with van der Waals surface area (Å²) in [6.07, 6.45) is 9.30. The molecule has 0 radical (unpaired) electrons. The number of hydrogen-bond acceptors (Lipinski definition) is 5.